The fraction of sp³-hybridized carbons (Fsp3) is 0.619. The number of hydrogen-bond donors (Lipinski definition) is 0. The van der Waals surface area contributed by atoms with E-state index in [1.165, 1.54) is 12.8 Å². The number of fused-ring (bicyclic) bond motifs is 1. The zero-order valence-corrected chi connectivity index (χ0v) is 18.2. The molecule has 1 amide bonds. The highest BCUT2D eigenvalue weighted by molar-refractivity contribution is 6.31. The molecule has 158 valence electrons. The maximum Gasteiger partial charge on any atom is 0.410 e. The predicted molar refractivity (Wildman–Crippen MR) is 112 cm³/mol. The summed E-state index contributed by atoms with van der Waals surface area (Å²) in [7, 11) is 0. The molecule has 1 aromatic heterocycles. The fourth-order valence-electron chi connectivity index (χ4n) is 3.41. The van der Waals surface area contributed by atoms with Crippen molar-refractivity contribution in [2.45, 2.75) is 52.2 Å². The number of benzene rings is 1. The number of nitrogens with zero attached hydrogens (tertiary/aromatic N) is 3. The third-order valence-electron chi connectivity index (χ3n) is 5.11. The summed E-state index contributed by atoms with van der Waals surface area (Å²) in [6.45, 7) is 10.0. The lowest BCUT2D eigenvalue weighted by Crippen LogP contribution is -2.54. The summed E-state index contributed by atoms with van der Waals surface area (Å²) in [5, 5.41) is 0.575. The van der Waals surface area contributed by atoms with Crippen LogP contribution >= 0.6 is 11.6 Å². The van der Waals surface area contributed by atoms with E-state index in [9.17, 15) is 4.79 Å². The molecule has 0 radical (unpaired) electrons. The summed E-state index contributed by atoms with van der Waals surface area (Å²) < 4.78 is 17.5. The van der Waals surface area contributed by atoms with Crippen molar-refractivity contribution in [1.82, 2.24) is 9.88 Å². The molecular weight excluding hydrogens is 394 g/mol. The van der Waals surface area contributed by atoms with Crippen molar-refractivity contribution in [3.63, 3.8) is 0 Å². The van der Waals surface area contributed by atoms with Crippen molar-refractivity contribution in [3.8, 4) is 5.75 Å². The Balaban J connectivity index is 1.49. The third-order valence-corrected chi connectivity index (χ3v) is 5.32. The molecule has 0 bridgehead atoms. The number of anilines is 1. The predicted octanol–water partition coefficient (Wildman–Crippen LogP) is 4.72. The van der Waals surface area contributed by atoms with E-state index in [1.54, 1.807) is 17.0 Å². The van der Waals surface area contributed by atoms with Crippen LogP contribution < -0.4 is 9.64 Å². The summed E-state index contributed by atoms with van der Waals surface area (Å²) in [4.78, 5) is 20.8. The summed E-state index contributed by atoms with van der Waals surface area (Å²) >= 11 is 6.25. The molecule has 1 aliphatic heterocycles. The molecule has 1 aromatic carbocycles. The molecule has 7 nitrogen and oxygen atoms in total. The van der Waals surface area contributed by atoms with Gasteiger partial charge in [-0.3, -0.25) is 0 Å². The Morgan fingerprint density at radius 3 is 2.72 bits per heavy atom. The van der Waals surface area contributed by atoms with E-state index in [-0.39, 0.29) is 12.1 Å². The van der Waals surface area contributed by atoms with Crippen molar-refractivity contribution in [2.75, 3.05) is 31.1 Å². The lowest BCUT2D eigenvalue weighted by atomic mass is 10.2. The average molecular weight is 422 g/mol. The number of hydrogen-bond acceptors (Lipinski definition) is 6. The van der Waals surface area contributed by atoms with Crippen LogP contribution in [0.3, 0.4) is 0 Å². The third kappa shape index (κ3) is 4.71. The number of rotatable bonds is 4. The van der Waals surface area contributed by atoms with E-state index >= 15 is 0 Å². The summed E-state index contributed by atoms with van der Waals surface area (Å²) in [6.07, 6.45) is 2.14. The fourth-order valence-corrected chi connectivity index (χ4v) is 3.62. The van der Waals surface area contributed by atoms with Crippen molar-refractivity contribution < 1.29 is 18.7 Å². The Morgan fingerprint density at radius 1 is 1.31 bits per heavy atom. The maximum atomic E-state index is 12.4. The van der Waals surface area contributed by atoms with E-state index in [1.807, 2.05) is 27.7 Å². The number of aromatic nitrogens is 1. The minimum Gasteiger partial charge on any atom is -0.489 e. The van der Waals surface area contributed by atoms with Gasteiger partial charge in [0, 0.05) is 36.8 Å². The molecule has 2 aromatic rings. The highest BCUT2D eigenvalue weighted by atomic mass is 35.5. The molecule has 2 heterocycles. The standard InChI is InChI=1S/C21H28ClN3O4/c1-13-11-24(20(26)29-21(2,3)4)7-8-25(13)19-23-16-9-15(22)10-17(18(16)28-19)27-12-14-5-6-14/h9-10,13-14H,5-8,11-12H2,1-4H3. The molecule has 8 heteroatoms. The van der Waals surface area contributed by atoms with Crippen molar-refractivity contribution >= 4 is 34.8 Å². The van der Waals surface area contributed by atoms with Crippen molar-refractivity contribution in [1.29, 1.82) is 0 Å². The van der Waals surface area contributed by atoms with Gasteiger partial charge in [0.15, 0.2) is 11.3 Å². The Kier molecular flexibility index (Phi) is 5.27. The minimum absolute atomic E-state index is 0.0376. The first kappa shape index (κ1) is 20.1. The van der Waals surface area contributed by atoms with E-state index in [4.69, 9.17) is 25.5 Å². The van der Waals surface area contributed by atoms with Gasteiger partial charge in [-0.15, -0.1) is 0 Å². The lowest BCUT2D eigenvalue weighted by molar-refractivity contribution is 0.0216. The second-order valence-electron chi connectivity index (χ2n) is 8.97. The number of oxazole rings is 1. The minimum atomic E-state index is -0.506. The SMILES string of the molecule is CC1CN(C(=O)OC(C)(C)C)CCN1c1nc2cc(Cl)cc(OCC3CC3)c2o1. The van der Waals surface area contributed by atoms with E-state index in [2.05, 4.69) is 9.88 Å². The highest BCUT2D eigenvalue weighted by Gasteiger charge is 2.32. The van der Waals surface area contributed by atoms with Crippen molar-refractivity contribution in [3.05, 3.63) is 17.2 Å². The molecule has 29 heavy (non-hydrogen) atoms. The van der Waals surface area contributed by atoms with Gasteiger partial charge in [0.05, 0.1) is 6.61 Å². The number of carbonyl (C=O) groups excluding carboxylic acids is 1. The molecule has 1 saturated heterocycles. The van der Waals surface area contributed by atoms with Gasteiger partial charge in [-0.1, -0.05) is 11.6 Å². The molecule has 1 atom stereocenters. The van der Waals surface area contributed by atoms with Gasteiger partial charge in [0.1, 0.15) is 11.1 Å². The summed E-state index contributed by atoms with van der Waals surface area (Å²) in [6, 6.07) is 4.13. The van der Waals surface area contributed by atoms with Crippen LogP contribution in [0.25, 0.3) is 11.1 Å². The summed E-state index contributed by atoms with van der Waals surface area (Å²) in [5.41, 5.74) is 0.792. The zero-order valence-electron chi connectivity index (χ0n) is 17.4. The monoisotopic (exact) mass is 421 g/mol. The van der Waals surface area contributed by atoms with Crippen LogP contribution in [0.15, 0.2) is 16.5 Å². The maximum absolute atomic E-state index is 12.4. The molecular formula is C21H28ClN3O4. The van der Waals surface area contributed by atoms with Crippen LogP contribution in [-0.2, 0) is 4.74 Å². The topological polar surface area (TPSA) is 68.0 Å². The van der Waals surface area contributed by atoms with Crippen molar-refractivity contribution in [2.24, 2.45) is 5.92 Å². The normalized spacial score (nSPS) is 20.2. The van der Waals surface area contributed by atoms with Gasteiger partial charge in [-0.05, 0) is 52.5 Å². The molecule has 0 spiro atoms. The Morgan fingerprint density at radius 2 is 2.07 bits per heavy atom. The number of amides is 1. The van der Waals surface area contributed by atoms with Crippen LogP contribution in [0, 0.1) is 5.92 Å². The summed E-state index contributed by atoms with van der Waals surface area (Å²) in [5.74, 6) is 1.27. The van der Waals surface area contributed by atoms with Crippen LogP contribution in [0.1, 0.15) is 40.5 Å². The van der Waals surface area contributed by atoms with Gasteiger partial charge in [-0.2, -0.15) is 4.98 Å². The molecule has 1 unspecified atom stereocenters. The van der Waals surface area contributed by atoms with E-state index < -0.39 is 5.60 Å². The van der Waals surface area contributed by atoms with Crippen LogP contribution in [0.5, 0.6) is 5.75 Å². The van der Waals surface area contributed by atoms with Gasteiger partial charge in [0.25, 0.3) is 6.01 Å². The lowest BCUT2D eigenvalue weighted by Gasteiger charge is -2.39. The highest BCUT2D eigenvalue weighted by Crippen LogP contribution is 2.36. The Bertz CT molecular complexity index is 903. The molecule has 2 fully saturated rings. The first-order valence-corrected chi connectivity index (χ1v) is 10.5. The Hall–Kier alpha value is -2.15. The van der Waals surface area contributed by atoms with Crippen LogP contribution in [0.2, 0.25) is 5.02 Å². The van der Waals surface area contributed by atoms with Gasteiger partial charge in [-0.25, -0.2) is 4.79 Å². The number of halogens is 1. The molecule has 0 N–H and O–H groups in total. The van der Waals surface area contributed by atoms with E-state index in [0.717, 1.165) is 0 Å². The largest absolute Gasteiger partial charge is 0.489 e. The quantitative estimate of drug-likeness (QED) is 0.711. The average Bonchev–Trinajstić information content (AvgIpc) is 3.36. The smallest absolute Gasteiger partial charge is 0.410 e. The second kappa shape index (κ2) is 7.59. The first-order chi connectivity index (χ1) is 13.7. The number of piperazine rings is 1. The van der Waals surface area contributed by atoms with Crippen LogP contribution in [0.4, 0.5) is 10.8 Å². The first-order valence-electron chi connectivity index (χ1n) is 10.2. The Labute approximate surface area is 175 Å². The van der Waals surface area contributed by atoms with Gasteiger partial charge >= 0.3 is 6.09 Å². The van der Waals surface area contributed by atoms with E-state index in [0.29, 0.717) is 60.0 Å². The van der Waals surface area contributed by atoms with Gasteiger partial charge < -0.3 is 23.7 Å². The molecule has 1 saturated carbocycles. The molecule has 1 aliphatic carbocycles. The number of carbonyl (C=O) groups is 1. The zero-order chi connectivity index (χ0) is 20.8. The molecule has 2 aliphatic rings. The second-order valence-corrected chi connectivity index (χ2v) is 9.41. The van der Waals surface area contributed by atoms with Gasteiger partial charge in [0.2, 0.25) is 0 Å². The van der Waals surface area contributed by atoms with Crippen LogP contribution in [-0.4, -0.2) is 53.9 Å². The number of ether oxygens (including phenoxy) is 2. The molecule has 4 rings (SSSR count).